The summed E-state index contributed by atoms with van der Waals surface area (Å²) in [6.45, 7) is 4.34. The molecule has 0 aliphatic carbocycles. The third-order valence-electron chi connectivity index (χ3n) is 3.82. The molecule has 0 bridgehead atoms. The van der Waals surface area contributed by atoms with Crippen LogP contribution in [-0.4, -0.2) is 15.6 Å². The van der Waals surface area contributed by atoms with Crippen molar-refractivity contribution in [2.24, 2.45) is 0 Å². The Morgan fingerprint density at radius 1 is 1.33 bits per heavy atom. The molecule has 0 aromatic carbocycles. The second-order valence-corrected chi connectivity index (χ2v) is 6.44. The van der Waals surface area contributed by atoms with Crippen molar-refractivity contribution in [3.05, 3.63) is 40.3 Å². The molecular formula is C17H24N2OS. The van der Waals surface area contributed by atoms with Crippen LogP contribution in [0.1, 0.15) is 56.1 Å². The number of hydrogen-bond acceptors (Lipinski definition) is 3. The zero-order valence-electron chi connectivity index (χ0n) is 12.9. The van der Waals surface area contributed by atoms with E-state index >= 15 is 0 Å². The van der Waals surface area contributed by atoms with Crippen LogP contribution in [0.2, 0.25) is 0 Å². The lowest BCUT2D eigenvalue weighted by atomic mass is 10.1. The fourth-order valence-electron chi connectivity index (χ4n) is 2.54. The molecule has 0 spiro atoms. The van der Waals surface area contributed by atoms with Gasteiger partial charge in [-0.25, -0.2) is 0 Å². The summed E-state index contributed by atoms with van der Waals surface area (Å²) in [7, 11) is 0. The zero-order valence-corrected chi connectivity index (χ0v) is 13.7. The second-order valence-electron chi connectivity index (χ2n) is 5.41. The molecule has 0 unspecified atom stereocenters. The third kappa shape index (κ3) is 4.81. The fraction of sp³-hybridized carbons (Fsp3) is 0.529. The predicted molar refractivity (Wildman–Crippen MR) is 87.8 cm³/mol. The molecule has 2 heterocycles. The van der Waals surface area contributed by atoms with Crippen LogP contribution in [0.5, 0.6) is 0 Å². The maximum absolute atomic E-state index is 12.0. The van der Waals surface area contributed by atoms with Gasteiger partial charge in [-0.05, 0) is 43.2 Å². The van der Waals surface area contributed by atoms with E-state index in [0.717, 1.165) is 31.4 Å². The van der Waals surface area contributed by atoms with E-state index in [2.05, 4.69) is 36.5 Å². The molecule has 114 valence electrons. The molecule has 0 N–H and O–H groups in total. The molecule has 2 rings (SSSR count). The Labute approximate surface area is 131 Å². The standard InChI is InChI=1S/C17H24N2OS/c1-3-15(4-2)19-11-10-14(18-19)13-16(20)7-5-8-17-9-6-12-21-17/h6,9-12,15H,3-5,7-8,13H2,1-2H3. The maximum atomic E-state index is 12.0. The molecule has 0 atom stereocenters. The summed E-state index contributed by atoms with van der Waals surface area (Å²) in [6.07, 6.45) is 7.22. The first kappa shape index (κ1) is 16.0. The van der Waals surface area contributed by atoms with Gasteiger partial charge in [-0.3, -0.25) is 9.48 Å². The van der Waals surface area contributed by atoms with Crippen molar-refractivity contribution in [3.8, 4) is 0 Å². The van der Waals surface area contributed by atoms with Crippen molar-refractivity contribution < 1.29 is 4.79 Å². The molecular weight excluding hydrogens is 280 g/mol. The largest absolute Gasteiger partial charge is 0.299 e. The van der Waals surface area contributed by atoms with Gasteiger partial charge in [0.2, 0.25) is 0 Å². The monoisotopic (exact) mass is 304 g/mol. The topological polar surface area (TPSA) is 34.9 Å². The summed E-state index contributed by atoms with van der Waals surface area (Å²) in [5.74, 6) is 0.293. The van der Waals surface area contributed by atoms with Gasteiger partial charge >= 0.3 is 0 Å². The number of ketones is 1. The van der Waals surface area contributed by atoms with Gasteiger partial charge in [0.1, 0.15) is 5.78 Å². The predicted octanol–water partition coefficient (Wildman–Crippen LogP) is 4.44. The van der Waals surface area contributed by atoms with Gasteiger partial charge in [0.15, 0.2) is 0 Å². The van der Waals surface area contributed by atoms with E-state index in [9.17, 15) is 4.79 Å². The minimum absolute atomic E-state index is 0.293. The van der Waals surface area contributed by atoms with Crippen molar-refractivity contribution in [1.29, 1.82) is 0 Å². The van der Waals surface area contributed by atoms with E-state index in [1.807, 2.05) is 16.9 Å². The van der Waals surface area contributed by atoms with Gasteiger partial charge in [-0.15, -0.1) is 11.3 Å². The summed E-state index contributed by atoms with van der Waals surface area (Å²) in [5.41, 5.74) is 0.906. The molecule has 0 fully saturated rings. The third-order valence-corrected chi connectivity index (χ3v) is 4.75. The lowest BCUT2D eigenvalue weighted by Gasteiger charge is -2.12. The number of nitrogens with zero attached hydrogens (tertiary/aromatic N) is 2. The minimum atomic E-state index is 0.293. The van der Waals surface area contributed by atoms with Crippen molar-refractivity contribution in [2.45, 2.75) is 58.4 Å². The highest BCUT2D eigenvalue weighted by atomic mass is 32.1. The van der Waals surface area contributed by atoms with Crippen molar-refractivity contribution in [2.75, 3.05) is 0 Å². The molecule has 0 amide bonds. The minimum Gasteiger partial charge on any atom is -0.299 e. The Morgan fingerprint density at radius 3 is 2.81 bits per heavy atom. The van der Waals surface area contributed by atoms with Gasteiger partial charge in [0.05, 0.1) is 18.2 Å². The summed E-state index contributed by atoms with van der Waals surface area (Å²) in [6, 6.07) is 6.63. The van der Waals surface area contributed by atoms with Crippen LogP contribution in [0.15, 0.2) is 29.8 Å². The number of thiophene rings is 1. The first-order chi connectivity index (χ1) is 10.2. The second kappa shape index (κ2) is 8.13. The molecule has 0 radical (unpaired) electrons. The highest BCUT2D eigenvalue weighted by molar-refractivity contribution is 7.09. The first-order valence-electron chi connectivity index (χ1n) is 7.81. The van der Waals surface area contributed by atoms with Gasteiger partial charge in [0.25, 0.3) is 0 Å². The van der Waals surface area contributed by atoms with E-state index < -0.39 is 0 Å². The molecule has 0 saturated carbocycles. The smallest absolute Gasteiger partial charge is 0.138 e. The van der Waals surface area contributed by atoms with Crippen molar-refractivity contribution >= 4 is 17.1 Å². The van der Waals surface area contributed by atoms with Gasteiger partial charge in [-0.2, -0.15) is 5.10 Å². The molecule has 4 heteroatoms. The maximum Gasteiger partial charge on any atom is 0.138 e. The fourth-order valence-corrected chi connectivity index (χ4v) is 3.29. The van der Waals surface area contributed by atoms with E-state index in [-0.39, 0.29) is 0 Å². The summed E-state index contributed by atoms with van der Waals surface area (Å²) >= 11 is 1.76. The Hall–Kier alpha value is -1.42. The molecule has 3 nitrogen and oxygen atoms in total. The summed E-state index contributed by atoms with van der Waals surface area (Å²) in [4.78, 5) is 13.4. The normalized spacial score (nSPS) is 11.2. The molecule has 21 heavy (non-hydrogen) atoms. The number of rotatable bonds is 9. The van der Waals surface area contributed by atoms with Crippen molar-refractivity contribution in [1.82, 2.24) is 9.78 Å². The first-order valence-corrected chi connectivity index (χ1v) is 8.69. The summed E-state index contributed by atoms with van der Waals surface area (Å²) < 4.78 is 2.01. The Balaban J connectivity index is 1.77. The molecule has 0 aliphatic rings. The van der Waals surface area contributed by atoms with Crippen LogP contribution < -0.4 is 0 Å². The molecule has 0 aliphatic heterocycles. The van der Waals surface area contributed by atoms with E-state index in [1.165, 1.54) is 4.88 Å². The van der Waals surface area contributed by atoms with Crippen molar-refractivity contribution in [3.63, 3.8) is 0 Å². The number of aryl methyl sites for hydroxylation is 1. The van der Waals surface area contributed by atoms with Crippen LogP contribution in [-0.2, 0) is 17.6 Å². The van der Waals surface area contributed by atoms with Crippen LogP contribution >= 0.6 is 11.3 Å². The Bertz CT molecular complexity index is 541. The van der Waals surface area contributed by atoms with Gasteiger partial charge in [0, 0.05) is 17.5 Å². The van der Waals surface area contributed by atoms with Crippen LogP contribution in [0, 0.1) is 0 Å². The van der Waals surface area contributed by atoms with E-state index in [0.29, 0.717) is 24.7 Å². The molecule has 0 saturated heterocycles. The number of aromatic nitrogens is 2. The van der Waals surface area contributed by atoms with E-state index in [4.69, 9.17) is 0 Å². The van der Waals surface area contributed by atoms with E-state index in [1.54, 1.807) is 11.3 Å². The average Bonchev–Trinajstić information content (AvgIpc) is 3.12. The number of carbonyl (C=O) groups excluding carboxylic acids is 1. The number of carbonyl (C=O) groups is 1. The highest BCUT2D eigenvalue weighted by Gasteiger charge is 2.10. The lowest BCUT2D eigenvalue weighted by molar-refractivity contribution is -0.118. The number of hydrogen-bond donors (Lipinski definition) is 0. The molecule has 2 aromatic heterocycles. The molecule has 2 aromatic rings. The Morgan fingerprint density at radius 2 is 2.14 bits per heavy atom. The SMILES string of the molecule is CCC(CC)n1ccc(CC(=O)CCCc2cccs2)n1. The summed E-state index contributed by atoms with van der Waals surface area (Å²) in [5, 5.41) is 6.63. The quantitative estimate of drug-likeness (QED) is 0.686. The van der Waals surface area contributed by atoms with Crippen LogP contribution in [0.25, 0.3) is 0 Å². The lowest BCUT2D eigenvalue weighted by Crippen LogP contribution is -2.09. The zero-order chi connectivity index (χ0) is 15.1. The van der Waals surface area contributed by atoms with Gasteiger partial charge in [-0.1, -0.05) is 19.9 Å². The average molecular weight is 304 g/mol. The van der Waals surface area contributed by atoms with Crippen LogP contribution in [0.3, 0.4) is 0 Å². The highest BCUT2D eigenvalue weighted by Crippen LogP contribution is 2.15. The van der Waals surface area contributed by atoms with Crippen LogP contribution in [0.4, 0.5) is 0 Å². The number of Topliss-reactive ketones (excluding diaryl/α,β-unsaturated/α-hetero) is 1. The van der Waals surface area contributed by atoms with Gasteiger partial charge < -0.3 is 0 Å². The Kier molecular flexibility index (Phi) is 6.18.